The molecule has 3 rings (SSSR count). The Bertz CT molecular complexity index is 2020. The number of hydrogen-bond donors (Lipinski definition) is 12. The standard InChI is InChI=1S/C69H115NO18/c1-3-5-7-9-11-13-15-17-18-19-20-21-22-23-24-25-26-27-28-29-30-31-32-33-34-35-37-39-41-43-45-47-57(75)70-52(53(74)46-44-42-40-38-36-16-14-12-10-8-6-4-2)51-83-67-63(81)60(78)65(55(49-72)85-67)88-69-64(82)61(79)66(56(50-73)86-69)87-68-62(80)59(77)58(76)54(48-71)84-68/h5,7,11,13,17-18,20-21,23-24,26-27,29-30,36,38,44,46,52-56,58-69,71-74,76-82H,3-4,6,8-10,12,14-16,19,22,25,28,31-35,37,39-43,45,47-51H2,1-2H3,(H,70,75)/b7-5-,13-11-,18-17-,21-20-,24-23-,27-26-,30-29-,38-36+,46-44+. The van der Waals surface area contributed by atoms with Gasteiger partial charge in [0, 0.05) is 6.42 Å². The zero-order chi connectivity index (χ0) is 64.0. The molecular weight excluding hydrogens is 1130 g/mol. The predicted molar refractivity (Wildman–Crippen MR) is 341 cm³/mol. The van der Waals surface area contributed by atoms with Crippen molar-refractivity contribution in [2.45, 2.75) is 291 Å². The topological polar surface area (TPSA) is 307 Å². The Hall–Kier alpha value is -3.55. The van der Waals surface area contributed by atoms with Crippen molar-refractivity contribution < 1.29 is 89.4 Å². The first-order valence-corrected chi connectivity index (χ1v) is 33.1. The van der Waals surface area contributed by atoms with Crippen LogP contribution in [-0.4, -0.2) is 193 Å². The maximum atomic E-state index is 13.4. The molecule has 504 valence electrons. The Balaban J connectivity index is 1.40. The van der Waals surface area contributed by atoms with Crippen LogP contribution in [0.5, 0.6) is 0 Å². The summed E-state index contributed by atoms with van der Waals surface area (Å²) in [4.78, 5) is 13.4. The normalized spacial score (nSPS) is 29.1. The van der Waals surface area contributed by atoms with Gasteiger partial charge in [-0.1, -0.05) is 200 Å². The third-order valence-corrected chi connectivity index (χ3v) is 15.8. The van der Waals surface area contributed by atoms with Gasteiger partial charge in [0.25, 0.3) is 0 Å². The predicted octanol–water partition coefficient (Wildman–Crippen LogP) is 7.88. The van der Waals surface area contributed by atoms with E-state index in [1.807, 2.05) is 6.08 Å². The number of carbonyl (C=O) groups excluding carboxylic acids is 1. The molecule has 12 N–H and O–H groups in total. The maximum Gasteiger partial charge on any atom is 0.220 e. The number of ether oxygens (including phenoxy) is 6. The minimum absolute atomic E-state index is 0.221. The molecule has 3 saturated heterocycles. The molecule has 0 aliphatic carbocycles. The minimum Gasteiger partial charge on any atom is -0.394 e. The fraction of sp³-hybridized carbons (Fsp3) is 0.725. The fourth-order valence-corrected chi connectivity index (χ4v) is 10.4. The van der Waals surface area contributed by atoms with E-state index < -0.39 is 124 Å². The molecule has 17 unspecified atom stereocenters. The van der Waals surface area contributed by atoms with E-state index in [1.165, 1.54) is 57.8 Å². The van der Waals surface area contributed by atoms with Gasteiger partial charge in [0.2, 0.25) is 5.91 Å². The molecule has 0 saturated carbocycles. The van der Waals surface area contributed by atoms with Crippen LogP contribution in [0.3, 0.4) is 0 Å². The Labute approximate surface area is 525 Å². The van der Waals surface area contributed by atoms with Gasteiger partial charge in [-0.3, -0.25) is 4.79 Å². The first-order chi connectivity index (χ1) is 42.8. The number of allylic oxidation sites excluding steroid dienone is 17. The van der Waals surface area contributed by atoms with Gasteiger partial charge in [-0.25, -0.2) is 0 Å². The number of rotatable bonds is 48. The van der Waals surface area contributed by atoms with E-state index in [1.54, 1.807) is 6.08 Å². The van der Waals surface area contributed by atoms with E-state index in [2.05, 4.69) is 116 Å². The molecule has 19 nitrogen and oxygen atoms in total. The summed E-state index contributed by atoms with van der Waals surface area (Å²) in [6.07, 6.45) is 39.3. The van der Waals surface area contributed by atoms with Crippen LogP contribution in [0.15, 0.2) is 109 Å². The van der Waals surface area contributed by atoms with E-state index in [0.29, 0.717) is 12.8 Å². The van der Waals surface area contributed by atoms with E-state index in [9.17, 15) is 61.0 Å². The average Bonchev–Trinajstić information content (AvgIpc) is 1.54. The molecule has 3 aliphatic heterocycles. The SMILES string of the molecule is CC/C=C\C/C=C\C/C=C\C/C=C\C/C=C\C/C=C\C/C=C\CCCCCCCCCCCC(=O)NC(COC1OC(CO)C(OC2OC(CO)C(OC3OC(CO)C(O)C(O)C3O)C(O)C2O)C(O)C1O)C(O)/C=C/CC/C=C/CCCCCCCC. The van der Waals surface area contributed by atoms with Crippen molar-refractivity contribution in [1.82, 2.24) is 5.32 Å². The molecule has 3 aliphatic rings. The lowest BCUT2D eigenvalue weighted by molar-refractivity contribution is -0.379. The van der Waals surface area contributed by atoms with E-state index in [0.717, 1.165) is 96.3 Å². The molecule has 3 fully saturated rings. The van der Waals surface area contributed by atoms with Gasteiger partial charge in [-0.15, -0.1) is 0 Å². The Morgan fingerprint density at radius 3 is 1.27 bits per heavy atom. The molecule has 0 aromatic carbocycles. The van der Waals surface area contributed by atoms with Crippen molar-refractivity contribution in [3.63, 3.8) is 0 Å². The van der Waals surface area contributed by atoms with Gasteiger partial charge in [0.05, 0.1) is 38.6 Å². The summed E-state index contributed by atoms with van der Waals surface area (Å²) >= 11 is 0. The van der Waals surface area contributed by atoms with Crippen molar-refractivity contribution >= 4 is 5.91 Å². The number of hydrogen-bond acceptors (Lipinski definition) is 18. The van der Waals surface area contributed by atoms with Gasteiger partial charge < -0.3 is 89.9 Å². The number of nitrogens with one attached hydrogen (secondary N) is 1. The molecule has 3 heterocycles. The van der Waals surface area contributed by atoms with E-state index in [-0.39, 0.29) is 18.9 Å². The molecule has 0 aromatic rings. The average molecular weight is 1250 g/mol. The molecular formula is C69H115NO18. The highest BCUT2D eigenvalue weighted by atomic mass is 16.8. The summed E-state index contributed by atoms with van der Waals surface area (Å²) in [5.41, 5.74) is 0. The molecule has 1 amide bonds. The summed E-state index contributed by atoms with van der Waals surface area (Å²) in [7, 11) is 0. The highest BCUT2D eigenvalue weighted by molar-refractivity contribution is 5.76. The van der Waals surface area contributed by atoms with Crippen LogP contribution in [0.4, 0.5) is 0 Å². The summed E-state index contributed by atoms with van der Waals surface area (Å²) in [6.45, 7) is 1.54. The summed E-state index contributed by atoms with van der Waals surface area (Å²) in [5, 5.41) is 120. The molecule has 19 heteroatoms. The smallest absolute Gasteiger partial charge is 0.220 e. The van der Waals surface area contributed by atoms with Crippen molar-refractivity contribution in [3.8, 4) is 0 Å². The Morgan fingerprint density at radius 2 is 0.795 bits per heavy atom. The lowest BCUT2D eigenvalue weighted by Gasteiger charge is -2.48. The molecule has 17 atom stereocenters. The Kier molecular flexibility index (Phi) is 44.8. The summed E-state index contributed by atoms with van der Waals surface area (Å²) in [5.74, 6) is -0.299. The largest absolute Gasteiger partial charge is 0.394 e. The van der Waals surface area contributed by atoms with Crippen molar-refractivity contribution in [1.29, 1.82) is 0 Å². The van der Waals surface area contributed by atoms with Crippen LogP contribution in [-0.2, 0) is 33.2 Å². The van der Waals surface area contributed by atoms with E-state index >= 15 is 0 Å². The molecule has 88 heavy (non-hydrogen) atoms. The van der Waals surface area contributed by atoms with Crippen molar-refractivity contribution in [2.24, 2.45) is 0 Å². The molecule has 0 spiro atoms. The van der Waals surface area contributed by atoms with Crippen LogP contribution < -0.4 is 5.32 Å². The number of unbranched alkanes of at least 4 members (excludes halogenated alkanes) is 16. The van der Waals surface area contributed by atoms with E-state index in [4.69, 9.17) is 28.4 Å². The van der Waals surface area contributed by atoms with Crippen molar-refractivity contribution in [3.05, 3.63) is 109 Å². The number of aliphatic hydroxyl groups excluding tert-OH is 11. The summed E-state index contributed by atoms with van der Waals surface area (Å²) < 4.78 is 34.2. The van der Waals surface area contributed by atoms with Gasteiger partial charge >= 0.3 is 0 Å². The quantitative estimate of drug-likeness (QED) is 0.0204. The minimum atomic E-state index is -1.99. The third kappa shape index (κ3) is 32.1. The van der Waals surface area contributed by atoms with Gasteiger partial charge in [0.15, 0.2) is 18.9 Å². The van der Waals surface area contributed by atoms with Crippen LogP contribution in [0.2, 0.25) is 0 Å². The van der Waals surface area contributed by atoms with Crippen molar-refractivity contribution in [2.75, 3.05) is 26.4 Å². The number of carbonyl (C=O) groups is 1. The number of amides is 1. The maximum absolute atomic E-state index is 13.4. The first kappa shape index (κ1) is 78.7. The highest BCUT2D eigenvalue weighted by Gasteiger charge is 2.53. The first-order valence-electron chi connectivity index (χ1n) is 33.1. The summed E-state index contributed by atoms with van der Waals surface area (Å²) in [6, 6.07) is -1.000. The lowest BCUT2D eigenvalue weighted by Crippen LogP contribution is -2.66. The van der Waals surface area contributed by atoms with Crippen LogP contribution >= 0.6 is 0 Å². The van der Waals surface area contributed by atoms with Gasteiger partial charge in [0.1, 0.15) is 73.2 Å². The Morgan fingerprint density at radius 1 is 0.420 bits per heavy atom. The molecule has 0 aromatic heterocycles. The monoisotopic (exact) mass is 1250 g/mol. The zero-order valence-electron chi connectivity index (χ0n) is 52.9. The lowest BCUT2D eigenvalue weighted by atomic mass is 9.96. The van der Waals surface area contributed by atoms with Crippen LogP contribution in [0.1, 0.15) is 187 Å². The zero-order valence-corrected chi connectivity index (χ0v) is 52.9. The molecule has 0 radical (unpaired) electrons. The van der Waals surface area contributed by atoms with Crippen LogP contribution in [0, 0.1) is 0 Å². The van der Waals surface area contributed by atoms with Gasteiger partial charge in [-0.2, -0.15) is 0 Å². The fourth-order valence-electron chi connectivity index (χ4n) is 10.4. The highest BCUT2D eigenvalue weighted by Crippen LogP contribution is 2.33. The second-order valence-corrected chi connectivity index (χ2v) is 23.2. The second-order valence-electron chi connectivity index (χ2n) is 23.2. The second kappa shape index (κ2) is 50.1. The van der Waals surface area contributed by atoms with Gasteiger partial charge in [-0.05, 0) is 89.9 Å². The third-order valence-electron chi connectivity index (χ3n) is 15.8. The molecule has 0 bridgehead atoms. The number of aliphatic hydroxyl groups is 11. The van der Waals surface area contributed by atoms with Crippen LogP contribution in [0.25, 0.3) is 0 Å².